The molecule has 6 nitrogen and oxygen atoms in total. The maximum Gasteiger partial charge on any atom is 0.306 e. The molecule has 6 heteroatoms. The van der Waals surface area contributed by atoms with Crippen molar-refractivity contribution in [2.45, 2.75) is 271 Å². The summed E-state index contributed by atoms with van der Waals surface area (Å²) in [6.45, 7) is 6.44. The summed E-state index contributed by atoms with van der Waals surface area (Å²) in [5, 5.41) is 0. The predicted molar refractivity (Wildman–Crippen MR) is 334 cm³/mol. The molecule has 1 atom stereocenters. The fourth-order valence-electron chi connectivity index (χ4n) is 8.11. The summed E-state index contributed by atoms with van der Waals surface area (Å²) in [7, 11) is 0. The summed E-state index contributed by atoms with van der Waals surface area (Å²) in [5.74, 6) is -0.969. The highest BCUT2D eigenvalue weighted by Crippen LogP contribution is 2.13. The van der Waals surface area contributed by atoms with E-state index in [-0.39, 0.29) is 31.1 Å². The molecule has 0 saturated heterocycles. The molecule has 0 saturated carbocycles. The second-order valence-corrected chi connectivity index (χ2v) is 20.2. The van der Waals surface area contributed by atoms with Crippen molar-refractivity contribution in [3.05, 3.63) is 146 Å². The Morgan fingerprint density at radius 3 is 0.831 bits per heavy atom. The van der Waals surface area contributed by atoms with Gasteiger partial charge in [0.05, 0.1) is 0 Å². The molecule has 0 heterocycles. The molecule has 0 aliphatic carbocycles. The van der Waals surface area contributed by atoms with Crippen molar-refractivity contribution in [1.82, 2.24) is 0 Å². The maximum atomic E-state index is 12.8. The van der Waals surface area contributed by atoms with Crippen molar-refractivity contribution in [3.8, 4) is 0 Å². The quantitative estimate of drug-likeness (QED) is 0.0261. The van der Waals surface area contributed by atoms with Crippen molar-refractivity contribution >= 4 is 17.9 Å². The van der Waals surface area contributed by atoms with E-state index in [1.807, 2.05) is 0 Å². The van der Waals surface area contributed by atoms with Gasteiger partial charge in [-0.25, -0.2) is 0 Å². The first-order chi connectivity index (χ1) is 38.0. The molecule has 77 heavy (non-hydrogen) atoms. The number of esters is 3. The molecular formula is C71H114O6. The van der Waals surface area contributed by atoms with Crippen LogP contribution in [-0.2, 0) is 28.6 Å². The lowest BCUT2D eigenvalue weighted by atomic mass is 10.1. The molecule has 0 bridgehead atoms. The fraction of sp³-hybridized carbons (Fsp3) is 0.620. The SMILES string of the molecule is CC/C=C\C/C=C\C/C=C\C/C=C\C/C=C\C/C=C\C/C=C\C/C=C\C/C=C\C/C=C\CCCCC(=O)OCC(COC(=O)CCCCCCC/C=C\CCCCCC)OC(=O)CCCCCCC/C=C\CCCCCC. The topological polar surface area (TPSA) is 78.9 Å². The van der Waals surface area contributed by atoms with Crippen LogP contribution < -0.4 is 0 Å². The van der Waals surface area contributed by atoms with Gasteiger partial charge in [0.25, 0.3) is 0 Å². The fourth-order valence-corrected chi connectivity index (χ4v) is 8.11. The molecule has 0 rings (SSSR count). The highest BCUT2D eigenvalue weighted by molar-refractivity contribution is 5.71. The van der Waals surface area contributed by atoms with Gasteiger partial charge < -0.3 is 14.2 Å². The molecule has 0 aliphatic heterocycles. The maximum absolute atomic E-state index is 12.8. The minimum Gasteiger partial charge on any atom is -0.462 e. The van der Waals surface area contributed by atoms with Gasteiger partial charge in [-0.3, -0.25) is 14.4 Å². The van der Waals surface area contributed by atoms with E-state index in [1.165, 1.54) is 77.0 Å². The number of carbonyl (C=O) groups is 3. The standard InChI is InChI=1S/C71H114O6/c1-4-7-10-13-16-19-22-25-26-27-28-29-30-31-32-33-34-35-36-37-38-39-40-41-42-43-44-47-49-52-55-58-61-64-70(73)76-67-68(77-71(74)65-62-59-56-53-50-46-24-21-18-15-12-9-6-3)66-75-69(72)63-60-57-54-51-48-45-23-20-17-14-11-8-5-2/h7,10,16,19-21,23-26,28-29,31-32,34-35,37-38,40-41,43-44,49,52,68H,4-6,8-9,11-15,17-18,22,27,30,33,36,39,42,45-48,50-51,53-67H2,1-3H3/b10-7-,19-16-,23-20-,24-21-,26-25-,29-28-,32-31-,35-34-,38-37-,41-40-,44-43-,52-49-. The van der Waals surface area contributed by atoms with Crippen LogP contribution in [0.1, 0.15) is 265 Å². The van der Waals surface area contributed by atoms with Crippen molar-refractivity contribution in [1.29, 1.82) is 0 Å². The second kappa shape index (κ2) is 63.8. The molecule has 0 aromatic rings. The van der Waals surface area contributed by atoms with Gasteiger partial charge in [0.1, 0.15) is 13.2 Å². The summed E-state index contributed by atoms with van der Waals surface area (Å²) in [5.41, 5.74) is 0. The summed E-state index contributed by atoms with van der Waals surface area (Å²) in [6.07, 6.45) is 91.4. The number of allylic oxidation sites excluding steroid dienone is 24. The Labute approximate surface area is 474 Å². The Kier molecular flexibility index (Phi) is 59.9. The second-order valence-electron chi connectivity index (χ2n) is 20.2. The van der Waals surface area contributed by atoms with Gasteiger partial charge in [-0.15, -0.1) is 0 Å². The molecule has 0 N–H and O–H groups in total. The van der Waals surface area contributed by atoms with Gasteiger partial charge in [0.2, 0.25) is 0 Å². The van der Waals surface area contributed by atoms with E-state index < -0.39 is 6.10 Å². The van der Waals surface area contributed by atoms with E-state index in [4.69, 9.17) is 14.2 Å². The number of rotatable bonds is 55. The monoisotopic (exact) mass is 1060 g/mol. The molecule has 0 aromatic heterocycles. The predicted octanol–water partition coefficient (Wildman–Crippen LogP) is 21.5. The third-order valence-electron chi connectivity index (χ3n) is 12.8. The van der Waals surface area contributed by atoms with Crippen LogP contribution in [0, 0.1) is 0 Å². The summed E-state index contributed by atoms with van der Waals surface area (Å²) >= 11 is 0. The highest BCUT2D eigenvalue weighted by atomic mass is 16.6. The number of hydrogen-bond acceptors (Lipinski definition) is 6. The Morgan fingerprint density at radius 2 is 0.506 bits per heavy atom. The van der Waals surface area contributed by atoms with Crippen LogP contribution in [0.25, 0.3) is 0 Å². The zero-order valence-corrected chi connectivity index (χ0v) is 49.7. The number of ether oxygens (including phenoxy) is 3. The van der Waals surface area contributed by atoms with Crippen LogP contribution in [0.15, 0.2) is 146 Å². The third kappa shape index (κ3) is 62.0. The molecule has 0 radical (unpaired) electrons. The molecule has 1 unspecified atom stereocenters. The molecule has 0 fully saturated rings. The van der Waals surface area contributed by atoms with Crippen molar-refractivity contribution in [2.24, 2.45) is 0 Å². The average Bonchev–Trinajstić information content (AvgIpc) is 3.43. The molecule has 0 aliphatic rings. The number of hydrogen-bond donors (Lipinski definition) is 0. The Bertz CT molecular complexity index is 1700. The summed E-state index contributed by atoms with van der Waals surface area (Å²) in [4.78, 5) is 38.2. The van der Waals surface area contributed by atoms with Crippen molar-refractivity contribution < 1.29 is 28.6 Å². The summed E-state index contributed by atoms with van der Waals surface area (Å²) in [6, 6.07) is 0. The van der Waals surface area contributed by atoms with Gasteiger partial charge in [-0.2, -0.15) is 0 Å². The molecule has 0 amide bonds. The Morgan fingerprint density at radius 1 is 0.273 bits per heavy atom. The first-order valence-electron chi connectivity index (χ1n) is 31.3. The Balaban J connectivity index is 4.36. The van der Waals surface area contributed by atoms with Crippen LogP contribution >= 0.6 is 0 Å². The van der Waals surface area contributed by atoms with E-state index in [2.05, 4.69) is 167 Å². The minimum atomic E-state index is -0.809. The number of carbonyl (C=O) groups excluding carboxylic acids is 3. The van der Waals surface area contributed by atoms with E-state index in [1.54, 1.807) is 0 Å². The summed E-state index contributed by atoms with van der Waals surface area (Å²) < 4.78 is 16.8. The van der Waals surface area contributed by atoms with Crippen LogP contribution in [-0.4, -0.2) is 37.2 Å². The normalized spacial score (nSPS) is 13.1. The largest absolute Gasteiger partial charge is 0.462 e. The smallest absolute Gasteiger partial charge is 0.306 e. The van der Waals surface area contributed by atoms with Gasteiger partial charge in [0.15, 0.2) is 6.10 Å². The molecule has 0 spiro atoms. The zero-order valence-electron chi connectivity index (χ0n) is 49.7. The van der Waals surface area contributed by atoms with Crippen molar-refractivity contribution in [3.63, 3.8) is 0 Å². The van der Waals surface area contributed by atoms with Gasteiger partial charge in [0, 0.05) is 19.3 Å². The lowest BCUT2D eigenvalue weighted by Gasteiger charge is -2.18. The minimum absolute atomic E-state index is 0.103. The number of unbranched alkanes of at least 4 members (excludes halogenated alkanes) is 20. The first-order valence-corrected chi connectivity index (χ1v) is 31.3. The molecular weight excluding hydrogens is 949 g/mol. The van der Waals surface area contributed by atoms with Gasteiger partial charge >= 0.3 is 17.9 Å². The van der Waals surface area contributed by atoms with E-state index in [0.717, 1.165) is 141 Å². The molecule has 0 aromatic carbocycles. The van der Waals surface area contributed by atoms with Crippen LogP contribution in [0.4, 0.5) is 0 Å². The first kappa shape index (κ1) is 72.3. The van der Waals surface area contributed by atoms with E-state index in [9.17, 15) is 14.4 Å². The van der Waals surface area contributed by atoms with Crippen LogP contribution in [0.3, 0.4) is 0 Å². The third-order valence-corrected chi connectivity index (χ3v) is 12.8. The lowest BCUT2D eigenvalue weighted by molar-refractivity contribution is -0.167. The highest BCUT2D eigenvalue weighted by Gasteiger charge is 2.19. The van der Waals surface area contributed by atoms with E-state index in [0.29, 0.717) is 25.7 Å². The van der Waals surface area contributed by atoms with Gasteiger partial charge in [-0.1, -0.05) is 244 Å². The lowest BCUT2D eigenvalue weighted by Crippen LogP contribution is -2.30. The van der Waals surface area contributed by atoms with E-state index >= 15 is 0 Å². The Hall–Kier alpha value is -4.71. The van der Waals surface area contributed by atoms with Crippen molar-refractivity contribution in [2.75, 3.05) is 13.2 Å². The van der Waals surface area contributed by atoms with Crippen LogP contribution in [0.2, 0.25) is 0 Å². The van der Waals surface area contributed by atoms with Gasteiger partial charge in [-0.05, 0) is 148 Å². The average molecular weight is 1060 g/mol. The van der Waals surface area contributed by atoms with Crippen LogP contribution in [0.5, 0.6) is 0 Å². The molecule has 434 valence electrons. The zero-order chi connectivity index (χ0) is 55.7.